The van der Waals surface area contributed by atoms with Crippen molar-refractivity contribution < 1.29 is 4.74 Å². The minimum Gasteiger partial charge on any atom is -0.472 e. The van der Waals surface area contributed by atoms with Gasteiger partial charge in [0.05, 0.1) is 6.20 Å². The molecule has 0 radical (unpaired) electrons. The van der Waals surface area contributed by atoms with Gasteiger partial charge in [-0.25, -0.2) is 9.50 Å². The third-order valence-corrected chi connectivity index (χ3v) is 3.80. The summed E-state index contributed by atoms with van der Waals surface area (Å²) in [4.78, 5) is 6.59. The second-order valence-electron chi connectivity index (χ2n) is 4.44. The molecule has 96 valence electrons. The summed E-state index contributed by atoms with van der Waals surface area (Å²) in [5, 5.41) is 4.42. The Labute approximate surface area is 114 Å². The highest BCUT2D eigenvalue weighted by Crippen LogP contribution is 2.18. The van der Waals surface area contributed by atoms with E-state index in [9.17, 15) is 0 Å². The van der Waals surface area contributed by atoms with Crippen molar-refractivity contribution in [1.82, 2.24) is 19.5 Å². The molecule has 18 heavy (non-hydrogen) atoms. The average Bonchev–Trinajstić information content (AvgIpc) is 2.97. The Bertz CT molecular complexity index is 556. The number of rotatable bonds is 3. The van der Waals surface area contributed by atoms with Gasteiger partial charge in [-0.05, 0) is 35.0 Å². The zero-order valence-electron chi connectivity index (χ0n) is 10.2. The second-order valence-corrected chi connectivity index (χ2v) is 5.26. The van der Waals surface area contributed by atoms with Crippen molar-refractivity contribution in [2.45, 2.75) is 19.4 Å². The predicted molar refractivity (Wildman–Crippen MR) is 71.8 cm³/mol. The number of hydrogen-bond acceptors (Lipinski definition) is 4. The first kappa shape index (κ1) is 11.9. The van der Waals surface area contributed by atoms with E-state index in [0.29, 0.717) is 5.88 Å². The van der Waals surface area contributed by atoms with E-state index in [4.69, 9.17) is 4.74 Å². The topological polar surface area (TPSA) is 42.7 Å². The van der Waals surface area contributed by atoms with E-state index in [1.807, 2.05) is 12.1 Å². The summed E-state index contributed by atoms with van der Waals surface area (Å²) in [6, 6.07) is 3.79. The molecule has 1 atom stereocenters. The van der Waals surface area contributed by atoms with Gasteiger partial charge in [0.1, 0.15) is 10.7 Å². The third kappa shape index (κ3) is 2.22. The molecule has 0 aliphatic carbocycles. The SMILES string of the molecule is CCN1CCC(Oc2ccc3ncc(Br)n3n2)C1. The third-order valence-electron chi connectivity index (χ3n) is 3.26. The smallest absolute Gasteiger partial charge is 0.232 e. The molecular formula is C12H15BrN4O. The van der Waals surface area contributed by atoms with Crippen LogP contribution in [-0.4, -0.2) is 45.2 Å². The van der Waals surface area contributed by atoms with Crippen LogP contribution in [-0.2, 0) is 0 Å². The molecule has 1 fully saturated rings. The Morgan fingerprint density at radius 1 is 1.50 bits per heavy atom. The van der Waals surface area contributed by atoms with Gasteiger partial charge in [0.2, 0.25) is 5.88 Å². The molecule has 3 heterocycles. The van der Waals surface area contributed by atoms with Crippen molar-refractivity contribution in [3.8, 4) is 5.88 Å². The maximum atomic E-state index is 5.92. The first-order valence-electron chi connectivity index (χ1n) is 6.15. The molecule has 3 rings (SSSR count). The lowest BCUT2D eigenvalue weighted by molar-refractivity contribution is 0.192. The van der Waals surface area contributed by atoms with Crippen LogP contribution in [0.1, 0.15) is 13.3 Å². The first-order valence-corrected chi connectivity index (χ1v) is 6.95. The van der Waals surface area contributed by atoms with Gasteiger partial charge in [-0.3, -0.25) is 4.90 Å². The summed E-state index contributed by atoms with van der Waals surface area (Å²) < 4.78 is 8.49. The van der Waals surface area contributed by atoms with Crippen LogP contribution in [0.25, 0.3) is 5.65 Å². The van der Waals surface area contributed by atoms with Crippen LogP contribution in [0.5, 0.6) is 5.88 Å². The van der Waals surface area contributed by atoms with Gasteiger partial charge < -0.3 is 4.74 Å². The highest BCUT2D eigenvalue weighted by Gasteiger charge is 2.23. The van der Waals surface area contributed by atoms with Crippen molar-refractivity contribution in [1.29, 1.82) is 0 Å². The lowest BCUT2D eigenvalue weighted by Crippen LogP contribution is -2.24. The molecule has 2 aromatic heterocycles. The Morgan fingerprint density at radius 3 is 3.17 bits per heavy atom. The normalized spacial score (nSPS) is 20.7. The fraction of sp³-hybridized carbons (Fsp3) is 0.500. The molecule has 6 heteroatoms. The molecule has 0 saturated carbocycles. The average molecular weight is 311 g/mol. The summed E-state index contributed by atoms with van der Waals surface area (Å²) >= 11 is 3.41. The molecule has 0 bridgehead atoms. The Balaban J connectivity index is 1.76. The standard InChI is InChI=1S/C12H15BrN4O/c1-2-16-6-5-9(8-16)18-12-4-3-11-14-7-10(13)17(11)15-12/h3-4,7,9H,2,5-6,8H2,1H3. The summed E-state index contributed by atoms with van der Waals surface area (Å²) in [6.07, 6.45) is 3.05. The highest BCUT2D eigenvalue weighted by atomic mass is 79.9. The van der Waals surface area contributed by atoms with Crippen molar-refractivity contribution in [2.75, 3.05) is 19.6 Å². The van der Waals surface area contributed by atoms with Crippen LogP contribution in [0.3, 0.4) is 0 Å². The van der Waals surface area contributed by atoms with Crippen LogP contribution in [0.4, 0.5) is 0 Å². The van der Waals surface area contributed by atoms with E-state index in [1.165, 1.54) is 0 Å². The highest BCUT2D eigenvalue weighted by molar-refractivity contribution is 9.10. The zero-order chi connectivity index (χ0) is 12.5. The van der Waals surface area contributed by atoms with Gasteiger partial charge in [-0.1, -0.05) is 6.92 Å². The maximum absolute atomic E-state index is 5.92. The Kier molecular flexibility index (Phi) is 3.22. The van der Waals surface area contributed by atoms with Crippen LogP contribution in [0.15, 0.2) is 22.9 Å². The number of halogens is 1. The summed E-state index contributed by atoms with van der Waals surface area (Å²) in [5.74, 6) is 0.657. The van der Waals surface area contributed by atoms with Gasteiger partial charge in [0.25, 0.3) is 0 Å². The molecule has 1 unspecified atom stereocenters. The van der Waals surface area contributed by atoms with Gasteiger partial charge in [0, 0.05) is 19.2 Å². The van der Waals surface area contributed by atoms with E-state index >= 15 is 0 Å². The summed E-state index contributed by atoms with van der Waals surface area (Å²) in [6.45, 7) is 5.36. The van der Waals surface area contributed by atoms with E-state index in [-0.39, 0.29) is 6.10 Å². The van der Waals surface area contributed by atoms with Crippen molar-refractivity contribution in [3.05, 3.63) is 22.9 Å². The quantitative estimate of drug-likeness (QED) is 0.869. The van der Waals surface area contributed by atoms with E-state index in [0.717, 1.165) is 36.3 Å². The van der Waals surface area contributed by atoms with E-state index in [2.05, 4.69) is 37.8 Å². The van der Waals surface area contributed by atoms with Crippen LogP contribution >= 0.6 is 15.9 Å². The molecule has 0 N–H and O–H groups in total. The van der Waals surface area contributed by atoms with Gasteiger partial charge in [-0.2, -0.15) is 0 Å². The number of fused-ring (bicyclic) bond motifs is 1. The minimum absolute atomic E-state index is 0.247. The molecule has 1 aliphatic rings. The summed E-state index contributed by atoms with van der Waals surface area (Å²) in [5.41, 5.74) is 0.816. The largest absolute Gasteiger partial charge is 0.472 e. The lowest BCUT2D eigenvalue weighted by Gasteiger charge is -2.14. The number of hydrogen-bond donors (Lipinski definition) is 0. The number of aromatic nitrogens is 3. The van der Waals surface area contributed by atoms with Crippen LogP contribution in [0.2, 0.25) is 0 Å². The molecule has 0 spiro atoms. The van der Waals surface area contributed by atoms with Crippen molar-refractivity contribution in [2.24, 2.45) is 0 Å². The van der Waals surface area contributed by atoms with Gasteiger partial charge >= 0.3 is 0 Å². The number of imidazole rings is 1. The molecule has 1 saturated heterocycles. The fourth-order valence-electron chi connectivity index (χ4n) is 2.24. The van der Waals surface area contributed by atoms with Crippen molar-refractivity contribution in [3.63, 3.8) is 0 Å². The molecule has 0 amide bonds. The fourth-order valence-corrected chi connectivity index (χ4v) is 2.61. The summed E-state index contributed by atoms with van der Waals surface area (Å²) in [7, 11) is 0. The molecule has 1 aliphatic heterocycles. The predicted octanol–water partition coefficient (Wildman–Crippen LogP) is 1.96. The number of likely N-dealkylation sites (N-methyl/N-ethyl adjacent to an activating group) is 1. The minimum atomic E-state index is 0.247. The van der Waals surface area contributed by atoms with E-state index < -0.39 is 0 Å². The number of likely N-dealkylation sites (tertiary alicyclic amines) is 1. The number of ether oxygens (including phenoxy) is 1. The molecular weight excluding hydrogens is 296 g/mol. The zero-order valence-corrected chi connectivity index (χ0v) is 11.8. The Morgan fingerprint density at radius 2 is 2.39 bits per heavy atom. The van der Waals surface area contributed by atoms with Gasteiger partial charge in [-0.15, -0.1) is 5.10 Å². The monoisotopic (exact) mass is 310 g/mol. The van der Waals surface area contributed by atoms with Crippen molar-refractivity contribution >= 4 is 21.6 Å². The van der Waals surface area contributed by atoms with Crippen LogP contribution < -0.4 is 4.74 Å². The molecule has 0 aromatic carbocycles. The molecule has 2 aromatic rings. The maximum Gasteiger partial charge on any atom is 0.232 e. The number of nitrogens with zero attached hydrogens (tertiary/aromatic N) is 4. The van der Waals surface area contributed by atoms with Gasteiger partial charge in [0.15, 0.2) is 5.65 Å². The molecule has 5 nitrogen and oxygen atoms in total. The Hall–Kier alpha value is -1.14. The lowest BCUT2D eigenvalue weighted by atomic mass is 10.3. The first-order chi connectivity index (χ1) is 8.76. The van der Waals surface area contributed by atoms with Crippen LogP contribution in [0, 0.1) is 0 Å². The second kappa shape index (κ2) is 4.85. The van der Waals surface area contributed by atoms with E-state index in [1.54, 1.807) is 10.7 Å².